The molecule has 1 fully saturated rings. The summed E-state index contributed by atoms with van der Waals surface area (Å²) in [6.07, 6.45) is 1.98. The van der Waals surface area contributed by atoms with Crippen molar-refractivity contribution in [2.24, 2.45) is 0 Å². The van der Waals surface area contributed by atoms with Crippen LogP contribution in [0.25, 0.3) is 11.0 Å². The molecule has 0 N–H and O–H groups in total. The molecular weight excluding hydrogens is 484 g/mol. The Bertz CT molecular complexity index is 1360. The monoisotopic (exact) mass is 520 g/mol. The number of ether oxygens (including phenoxy) is 3. The summed E-state index contributed by atoms with van der Waals surface area (Å²) in [5.41, 5.74) is 2.40. The Balaban J connectivity index is 1.58. The third kappa shape index (κ3) is 5.15. The zero-order valence-corrected chi connectivity index (χ0v) is 22.5. The third-order valence-electron chi connectivity index (χ3n) is 7.22. The molecule has 3 aromatic rings. The zero-order chi connectivity index (χ0) is 26.6. The van der Waals surface area contributed by atoms with Gasteiger partial charge < -0.3 is 23.5 Å². The summed E-state index contributed by atoms with van der Waals surface area (Å²) in [5.74, 6) is 1.13. The van der Waals surface area contributed by atoms with Crippen molar-refractivity contribution >= 4 is 16.9 Å². The second kappa shape index (κ2) is 11.6. The van der Waals surface area contributed by atoms with E-state index in [-0.39, 0.29) is 17.1 Å². The number of hydrogen-bond acceptors (Lipinski definition) is 7. The number of nitrogens with zero attached hydrogens (tertiary/aromatic N) is 2. The van der Waals surface area contributed by atoms with Crippen LogP contribution in [0, 0.1) is 6.92 Å². The molecule has 5 rings (SSSR count). The Kier molecular flexibility index (Phi) is 8.00. The van der Waals surface area contributed by atoms with Crippen molar-refractivity contribution in [1.82, 2.24) is 9.80 Å². The van der Waals surface area contributed by atoms with Gasteiger partial charge in [-0.15, -0.1) is 0 Å². The molecule has 1 saturated heterocycles. The van der Waals surface area contributed by atoms with Crippen LogP contribution in [0.3, 0.4) is 0 Å². The first-order valence-corrected chi connectivity index (χ1v) is 13.6. The molecule has 38 heavy (non-hydrogen) atoms. The van der Waals surface area contributed by atoms with Crippen LogP contribution in [0.15, 0.2) is 45.6 Å². The van der Waals surface area contributed by atoms with Crippen LogP contribution in [-0.4, -0.2) is 68.3 Å². The first-order valence-electron chi connectivity index (χ1n) is 13.6. The topological polar surface area (TPSA) is 81.5 Å². The fourth-order valence-electron chi connectivity index (χ4n) is 5.19. The van der Waals surface area contributed by atoms with Crippen LogP contribution >= 0.6 is 0 Å². The van der Waals surface area contributed by atoms with E-state index in [9.17, 15) is 9.59 Å². The molecule has 2 aliphatic rings. The molecule has 0 radical (unpaired) electrons. The highest BCUT2D eigenvalue weighted by atomic mass is 16.5. The van der Waals surface area contributed by atoms with E-state index in [0.717, 1.165) is 37.1 Å². The van der Waals surface area contributed by atoms with Crippen molar-refractivity contribution in [3.63, 3.8) is 0 Å². The molecular formula is C30H36N2O6. The number of hydrogen-bond donors (Lipinski definition) is 0. The fraction of sp³-hybridized carbons (Fsp3) is 0.467. The van der Waals surface area contributed by atoms with Gasteiger partial charge in [0.2, 0.25) is 5.76 Å². The molecule has 2 aromatic carbocycles. The molecule has 0 bridgehead atoms. The van der Waals surface area contributed by atoms with Gasteiger partial charge in [0.25, 0.3) is 5.91 Å². The van der Waals surface area contributed by atoms with E-state index in [1.165, 1.54) is 0 Å². The number of carbonyl (C=O) groups excluding carboxylic acids is 1. The Morgan fingerprint density at radius 1 is 0.974 bits per heavy atom. The molecule has 0 saturated carbocycles. The largest absolute Gasteiger partial charge is 0.490 e. The van der Waals surface area contributed by atoms with Crippen molar-refractivity contribution in [3.8, 4) is 11.5 Å². The quantitative estimate of drug-likeness (QED) is 0.363. The van der Waals surface area contributed by atoms with Gasteiger partial charge in [-0.25, -0.2) is 0 Å². The van der Waals surface area contributed by atoms with Crippen LogP contribution in [0.1, 0.15) is 60.0 Å². The maximum atomic E-state index is 13.9. The van der Waals surface area contributed by atoms with E-state index >= 15 is 0 Å². The van der Waals surface area contributed by atoms with Gasteiger partial charge in [0, 0.05) is 26.2 Å². The minimum Gasteiger partial charge on any atom is -0.490 e. The second-order valence-electron chi connectivity index (χ2n) is 9.87. The number of unbranched alkanes of at least 4 members (excludes halogenated alkanes) is 1. The summed E-state index contributed by atoms with van der Waals surface area (Å²) >= 11 is 0. The molecule has 1 unspecified atom stereocenters. The molecule has 8 heteroatoms. The van der Waals surface area contributed by atoms with Crippen molar-refractivity contribution < 1.29 is 23.4 Å². The van der Waals surface area contributed by atoms with Crippen LogP contribution in [0.5, 0.6) is 11.5 Å². The van der Waals surface area contributed by atoms with E-state index in [2.05, 4.69) is 11.8 Å². The van der Waals surface area contributed by atoms with E-state index in [1.807, 2.05) is 44.2 Å². The zero-order valence-electron chi connectivity index (χ0n) is 22.5. The van der Waals surface area contributed by atoms with Gasteiger partial charge in [-0.3, -0.25) is 14.5 Å². The van der Waals surface area contributed by atoms with Crippen LogP contribution < -0.4 is 14.9 Å². The summed E-state index contributed by atoms with van der Waals surface area (Å²) in [4.78, 5) is 31.7. The molecule has 202 valence electrons. The number of benzene rings is 2. The van der Waals surface area contributed by atoms with Gasteiger partial charge >= 0.3 is 0 Å². The summed E-state index contributed by atoms with van der Waals surface area (Å²) < 4.78 is 23.5. The molecule has 1 amide bonds. The van der Waals surface area contributed by atoms with Crippen molar-refractivity contribution in [2.45, 2.75) is 39.7 Å². The van der Waals surface area contributed by atoms with Gasteiger partial charge in [-0.1, -0.05) is 31.0 Å². The predicted molar refractivity (Wildman–Crippen MR) is 145 cm³/mol. The highest BCUT2D eigenvalue weighted by molar-refractivity contribution is 5.99. The average Bonchev–Trinajstić information content (AvgIpc) is 3.21. The van der Waals surface area contributed by atoms with E-state index in [0.29, 0.717) is 67.5 Å². The van der Waals surface area contributed by atoms with Crippen molar-refractivity contribution in [2.75, 3.05) is 52.6 Å². The lowest BCUT2D eigenvalue weighted by Gasteiger charge is -2.31. The highest BCUT2D eigenvalue weighted by Crippen LogP contribution is 2.41. The maximum absolute atomic E-state index is 13.9. The molecule has 2 aliphatic heterocycles. The lowest BCUT2D eigenvalue weighted by atomic mass is 9.97. The minimum absolute atomic E-state index is 0.125. The molecule has 3 heterocycles. The Morgan fingerprint density at radius 2 is 1.79 bits per heavy atom. The maximum Gasteiger partial charge on any atom is 0.290 e. The van der Waals surface area contributed by atoms with E-state index < -0.39 is 6.04 Å². The van der Waals surface area contributed by atoms with Gasteiger partial charge in [0.05, 0.1) is 43.4 Å². The van der Waals surface area contributed by atoms with Crippen LogP contribution in [0.4, 0.5) is 0 Å². The average molecular weight is 521 g/mol. The van der Waals surface area contributed by atoms with E-state index in [4.69, 9.17) is 18.6 Å². The number of fused-ring (bicyclic) bond motifs is 2. The molecule has 1 atom stereocenters. The number of morpholine rings is 1. The van der Waals surface area contributed by atoms with Crippen molar-refractivity contribution in [3.05, 3.63) is 69.1 Å². The first-order chi connectivity index (χ1) is 18.5. The second-order valence-corrected chi connectivity index (χ2v) is 9.87. The van der Waals surface area contributed by atoms with Crippen molar-refractivity contribution in [1.29, 1.82) is 0 Å². The summed E-state index contributed by atoms with van der Waals surface area (Å²) in [5, 5.41) is 0.487. The number of amides is 1. The fourth-order valence-corrected chi connectivity index (χ4v) is 5.19. The predicted octanol–water partition coefficient (Wildman–Crippen LogP) is 4.56. The Hall–Kier alpha value is -3.36. The first kappa shape index (κ1) is 26.3. The molecule has 0 spiro atoms. The number of rotatable bonds is 10. The van der Waals surface area contributed by atoms with Gasteiger partial charge in [-0.05, 0) is 50.1 Å². The van der Waals surface area contributed by atoms with Gasteiger partial charge in [-0.2, -0.15) is 0 Å². The summed E-state index contributed by atoms with van der Waals surface area (Å²) in [6, 6.07) is 10.6. The number of aryl methyl sites for hydroxylation is 1. The van der Waals surface area contributed by atoms with Crippen LogP contribution in [-0.2, 0) is 4.74 Å². The van der Waals surface area contributed by atoms with E-state index in [1.54, 1.807) is 11.0 Å². The highest BCUT2D eigenvalue weighted by Gasteiger charge is 2.43. The lowest BCUT2D eigenvalue weighted by molar-refractivity contribution is 0.0314. The molecule has 1 aromatic heterocycles. The molecule has 0 aliphatic carbocycles. The summed E-state index contributed by atoms with van der Waals surface area (Å²) in [7, 11) is 0. The minimum atomic E-state index is -0.580. The van der Waals surface area contributed by atoms with Gasteiger partial charge in [0.15, 0.2) is 16.9 Å². The Morgan fingerprint density at radius 3 is 2.55 bits per heavy atom. The SMILES string of the molecule is CCCCOc1ccc(C2c3c(oc4ccc(C)cc4c3=O)C(=O)N2CCN2CCOCC2)cc1OCC. The third-order valence-corrected chi connectivity index (χ3v) is 7.22. The van der Waals surface area contributed by atoms with Crippen LogP contribution in [0.2, 0.25) is 0 Å². The van der Waals surface area contributed by atoms with Gasteiger partial charge in [0.1, 0.15) is 5.58 Å². The smallest absolute Gasteiger partial charge is 0.290 e. The number of carbonyl (C=O) groups is 1. The summed E-state index contributed by atoms with van der Waals surface area (Å²) in [6.45, 7) is 11.2. The normalized spacial score (nSPS) is 17.7. The molecule has 8 nitrogen and oxygen atoms in total. The Labute approximate surface area is 223 Å². The standard InChI is InChI=1S/C30H36N2O6/c1-4-6-15-37-24-10-8-21(19-25(24)36-5-2)27-26-28(33)22-18-20(3)7-9-23(22)38-29(26)30(34)32(27)12-11-31-13-16-35-17-14-31/h7-10,18-19,27H,4-6,11-17H2,1-3H3. The lowest BCUT2D eigenvalue weighted by Crippen LogP contribution is -2.42.